The number of hydrogen-bond donors (Lipinski definition) is 2. The van der Waals surface area contributed by atoms with Gasteiger partial charge < -0.3 is 10.8 Å². The van der Waals surface area contributed by atoms with Gasteiger partial charge in [-0.2, -0.15) is 0 Å². The molecule has 0 fully saturated rings. The molecular formula is C6H12ClNO2. The van der Waals surface area contributed by atoms with Crippen molar-refractivity contribution in [1.29, 1.82) is 0 Å². The molecule has 0 heterocycles. The molecule has 10 heavy (non-hydrogen) atoms. The molecule has 60 valence electrons. The Kier molecular flexibility index (Phi) is 4.98. The van der Waals surface area contributed by atoms with E-state index >= 15 is 0 Å². The van der Waals surface area contributed by atoms with Crippen molar-refractivity contribution >= 4 is 18.4 Å². The zero-order valence-corrected chi connectivity index (χ0v) is 6.23. The van der Waals surface area contributed by atoms with Crippen molar-refractivity contribution in [3.05, 3.63) is 12.6 Å². The highest BCUT2D eigenvalue weighted by molar-refractivity contribution is 5.85. The first-order chi connectivity index (χ1) is 5.02. The van der Waals surface area contributed by atoms with Gasteiger partial charge in [-0.05, 0) is 6.42 Å². The second kappa shape index (κ2) is 6.58. The van der Waals surface area contributed by atoms with Crippen molar-refractivity contribution < 1.29 is 12.6 Å². The van der Waals surface area contributed by atoms with Gasteiger partial charge in [0.25, 0.3) is 0 Å². The Balaban J connectivity index is 0. The van der Waals surface area contributed by atoms with Gasteiger partial charge in [-0.3, -0.25) is 4.79 Å². The molecule has 1 unspecified atom stereocenters. The largest absolute Gasteiger partial charge is 0.481 e. The fourth-order valence-corrected chi connectivity index (χ4v) is 0.373. The van der Waals surface area contributed by atoms with Crippen LogP contribution >= 0.6 is 12.4 Å². The molecule has 0 aliphatic carbocycles. The maximum atomic E-state index is 10.0. The summed E-state index contributed by atoms with van der Waals surface area (Å²) in [5.74, 6) is -0.912. The number of carboxylic acids is 1. The van der Waals surface area contributed by atoms with Crippen molar-refractivity contribution in [3.8, 4) is 0 Å². The van der Waals surface area contributed by atoms with E-state index in [1.807, 2.05) is 0 Å². The first-order valence-electron chi connectivity index (χ1n) is 3.64. The number of aliphatic carboxylic acids is 1. The molecule has 3 nitrogen and oxygen atoms in total. The number of nitrogens with two attached hydrogens (primary N) is 1. The molecule has 0 aliphatic heterocycles. The van der Waals surface area contributed by atoms with Crippen LogP contribution in [0.3, 0.4) is 0 Å². The SMILES string of the molecule is Cl.[2H][13C]([2H])=CC(N)CCC(=O)O. The molecule has 0 bridgehead atoms. The number of hydrogen-bond acceptors (Lipinski definition) is 2. The van der Waals surface area contributed by atoms with E-state index in [1.165, 1.54) is 6.08 Å². The highest BCUT2D eigenvalue weighted by atomic mass is 35.5. The highest BCUT2D eigenvalue weighted by Gasteiger charge is 1.99. The lowest BCUT2D eigenvalue weighted by Crippen LogP contribution is -2.17. The van der Waals surface area contributed by atoms with E-state index in [-0.39, 0.29) is 31.8 Å². The topological polar surface area (TPSA) is 63.3 Å². The van der Waals surface area contributed by atoms with E-state index in [0.717, 1.165) is 0 Å². The van der Waals surface area contributed by atoms with E-state index in [0.29, 0.717) is 0 Å². The minimum atomic E-state index is -0.912. The van der Waals surface area contributed by atoms with Gasteiger partial charge in [0.2, 0.25) is 0 Å². The van der Waals surface area contributed by atoms with E-state index < -0.39 is 12.0 Å². The van der Waals surface area contributed by atoms with Crippen LogP contribution in [0.1, 0.15) is 15.6 Å². The van der Waals surface area contributed by atoms with Crippen LogP contribution in [0.15, 0.2) is 12.6 Å². The molecule has 0 rings (SSSR count). The quantitative estimate of drug-likeness (QED) is 0.482. The molecule has 1 atom stereocenters. The van der Waals surface area contributed by atoms with Crippen molar-refractivity contribution in [1.82, 2.24) is 0 Å². The predicted molar refractivity (Wildman–Crippen MR) is 42.3 cm³/mol. The zero-order chi connectivity index (χ0) is 8.85. The number of halogens is 1. The summed E-state index contributed by atoms with van der Waals surface area (Å²) in [5.41, 5.74) is 5.34. The van der Waals surface area contributed by atoms with Crippen LogP contribution in [0, 0.1) is 0 Å². The Morgan fingerprint density at radius 2 is 2.60 bits per heavy atom. The lowest BCUT2D eigenvalue weighted by Gasteiger charge is -2.00. The molecule has 0 aromatic heterocycles. The molecule has 0 saturated carbocycles. The molecule has 3 N–H and O–H groups in total. The van der Waals surface area contributed by atoms with E-state index in [4.69, 9.17) is 13.6 Å². The van der Waals surface area contributed by atoms with Crippen molar-refractivity contribution in [2.45, 2.75) is 18.9 Å². The monoisotopic (exact) mass is 168 g/mol. The Hall–Kier alpha value is -0.540. The summed E-state index contributed by atoms with van der Waals surface area (Å²) < 4.78 is 13.4. The number of carbonyl (C=O) groups is 1. The standard InChI is InChI=1S/C6H11NO2.ClH/c1-2-5(7)3-4-6(8)9;/h2,5H,1,3-4,7H2,(H,8,9);1H/i1+1D2;. The van der Waals surface area contributed by atoms with Gasteiger partial charge in [-0.1, -0.05) is 6.08 Å². The summed E-state index contributed by atoms with van der Waals surface area (Å²) in [7, 11) is 0. The van der Waals surface area contributed by atoms with Crippen LogP contribution in [-0.4, -0.2) is 17.1 Å². The lowest BCUT2D eigenvalue weighted by molar-refractivity contribution is -0.137. The smallest absolute Gasteiger partial charge is 0.303 e. The van der Waals surface area contributed by atoms with Crippen LogP contribution < -0.4 is 5.73 Å². The average molecular weight is 169 g/mol. The van der Waals surface area contributed by atoms with Crippen LogP contribution in [0.2, 0.25) is 0 Å². The van der Waals surface area contributed by atoms with E-state index in [2.05, 4.69) is 0 Å². The first kappa shape index (κ1) is 7.57. The van der Waals surface area contributed by atoms with Crippen molar-refractivity contribution in [2.75, 3.05) is 0 Å². The first-order valence-corrected chi connectivity index (χ1v) is 2.64. The Morgan fingerprint density at radius 3 is 3.00 bits per heavy atom. The zero-order valence-electron chi connectivity index (χ0n) is 7.41. The normalized spacial score (nSPS) is 13.7. The minimum absolute atomic E-state index is 0. The van der Waals surface area contributed by atoms with Gasteiger partial charge in [0.05, 0.1) is 2.74 Å². The van der Waals surface area contributed by atoms with Gasteiger partial charge in [-0.25, -0.2) is 0 Å². The minimum Gasteiger partial charge on any atom is -0.481 e. The van der Waals surface area contributed by atoms with Gasteiger partial charge in [-0.15, -0.1) is 18.9 Å². The number of rotatable bonds is 4. The third-order valence-corrected chi connectivity index (χ3v) is 0.906. The summed E-state index contributed by atoms with van der Waals surface area (Å²) in [5, 5.41) is 8.23. The molecule has 4 heteroatoms. The summed E-state index contributed by atoms with van der Waals surface area (Å²) in [6.45, 7) is -0.372. The summed E-state index contributed by atoms with van der Waals surface area (Å²) in [6.07, 6.45) is 1.46. The van der Waals surface area contributed by atoms with Gasteiger partial charge in [0.1, 0.15) is 0 Å². The second-order valence-corrected chi connectivity index (χ2v) is 1.76. The molecular weight excluding hydrogens is 155 g/mol. The highest BCUT2D eigenvalue weighted by Crippen LogP contribution is 1.93. The molecule has 0 aromatic carbocycles. The van der Waals surface area contributed by atoms with Crippen molar-refractivity contribution in [3.63, 3.8) is 0 Å². The average Bonchev–Trinajstić information content (AvgIpc) is 1.82. The van der Waals surface area contributed by atoms with Gasteiger partial charge in [0, 0.05) is 12.5 Å². The van der Waals surface area contributed by atoms with Crippen LogP contribution in [-0.2, 0) is 4.79 Å². The third kappa shape index (κ3) is 7.46. The van der Waals surface area contributed by atoms with Crippen molar-refractivity contribution in [2.24, 2.45) is 5.73 Å². The van der Waals surface area contributed by atoms with E-state index in [9.17, 15) is 4.79 Å². The molecule has 0 amide bonds. The van der Waals surface area contributed by atoms with Crippen LogP contribution in [0.5, 0.6) is 0 Å². The fourth-order valence-electron chi connectivity index (χ4n) is 0.373. The summed E-state index contributed by atoms with van der Waals surface area (Å²) in [4.78, 5) is 10.0. The fraction of sp³-hybridized carbons (Fsp3) is 0.500. The van der Waals surface area contributed by atoms with Gasteiger partial charge in [0.15, 0.2) is 0 Å². The maximum absolute atomic E-state index is 10.0. The van der Waals surface area contributed by atoms with Gasteiger partial charge >= 0.3 is 5.97 Å². The molecule has 0 saturated heterocycles. The van der Waals surface area contributed by atoms with Crippen LogP contribution in [0.4, 0.5) is 0 Å². The van der Waals surface area contributed by atoms with E-state index in [1.54, 1.807) is 0 Å². The third-order valence-electron chi connectivity index (χ3n) is 0.906. The molecule has 0 spiro atoms. The lowest BCUT2D eigenvalue weighted by atomic mass is 10.2. The Morgan fingerprint density at radius 1 is 2.00 bits per heavy atom. The Labute approximate surface area is 69.1 Å². The number of carboxylic acid groups (broad SMARTS) is 1. The maximum Gasteiger partial charge on any atom is 0.303 e. The summed E-state index contributed by atoms with van der Waals surface area (Å²) in [6, 6.07) is -0.490. The Bertz CT molecular complexity index is 171. The summed E-state index contributed by atoms with van der Waals surface area (Å²) >= 11 is 0. The molecule has 0 aliphatic rings. The molecule has 0 radical (unpaired) electrons. The molecule has 0 aromatic rings. The predicted octanol–water partition coefficient (Wildman–Crippen LogP) is 0.786. The van der Waals surface area contributed by atoms with Crippen LogP contribution in [0.25, 0.3) is 0 Å². The second-order valence-electron chi connectivity index (χ2n) is 1.76.